The molecule has 0 aromatic heterocycles. The molecule has 0 spiro atoms. The second kappa shape index (κ2) is 8.84. The van der Waals surface area contributed by atoms with Crippen molar-refractivity contribution in [2.24, 2.45) is 5.92 Å². The number of anilines is 1. The predicted molar refractivity (Wildman–Crippen MR) is 119 cm³/mol. The Hall–Kier alpha value is -2.92. The lowest BCUT2D eigenvalue weighted by Gasteiger charge is -2.36. The van der Waals surface area contributed by atoms with Gasteiger partial charge in [-0.05, 0) is 49.1 Å². The molecule has 154 valence electrons. The number of hydrogen-bond acceptors (Lipinski definition) is 3. The molecule has 30 heavy (non-hydrogen) atoms. The summed E-state index contributed by atoms with van der Waals surface area (Å²) in [6, 6.07) is 27.6. The van der Waals surface area contributed by atoms with Crippen LogP contribution in [0.1, 0.15) is 18.4 Å². The molecule has 1 saturated heterocycles. The molecule has 1 fully saturated rings. The first-order valence-electron chi connectivity index (χ1n) is 10.3. The largest absolute Gasteiger partial charge is 0.312 e. The van der Waals surface area contributed by atoms with Crippen LogP contribution in [-0.2, 0) is 21.1 Å². The predicted octanol–water partition coefficient (Wildman–Crippen LogP) is 4.51. The Bertz CT molecular complexity index is 1080. The summed E-state index contributed by atoms with van der Waals surface area (Å²) in [7, 11) is -3.68. The molecule has 1 heterocycles. The van der Waals surface area contributed by atoms with E-state index in [1.165, 1.54) is 0 Å². The molecule has 0 aliphatic carbocycles. The average molecular weight is 420 g/mol. The van der Waals surface area contributed by atoms with E-state index in [4.69, 9.17) is 0 Å². The summed E-state index contributed by atoms with van der Waals surface area (Å²) in [6.07, 6.45) is 1.67. The molecule has 3 aromatic carbocycles. The summed E-state index contributed by atoms with van der Waals surface area (Å²) in [5.74, 6) is -0.683. The minimum Gasteiger partial charge on any atom is -0.312 e. The van der Waals surface area contributed by atoms with Crippen molar-refractivity contribution in [2.75, 3.05) is 11.4 Å². The second-order valence-corrected chi connectivity index (χ2v) is 9.83. The Balaban J connectivity index is 1.72. The zero-order chi connectivity index (χ0) is 21.0. The van der Waals surface area contributed by atoms with E-state index in [2.05, 4.69) is 0 Å². The lowest BCUT2D eigenvalue weighted by Crippen LogP contribution is -2.48. The van der Waals surface area contributed by atoms with Crippen molar-refractivity contribution in [3.05, 3.63) is 96.6 Å². The number of benzene rings is 3. The molecule has 3 aromatic rings. The maximum Gasteiger partial charge on any atom is 0.231 e. The van der Waals surface area contributed by atoms with E-state index in [-0.39, 0.29) is 10.8 Å². The first-order chi connectivity index (χ1) is 14.6. The number of amides is 1. The Morgan fingerprint density at radius 2 is 1.40 bits per heavy atom. The third-order valence-corrected chi connectivity index (χ3v) is 7.97. The second-order valence-electron chi connectivity index (χ2n) is 7.66. The molecule has 0 saturated carbocycles. The quantitative estimate of drug-likeness (QED) is 0.590. The van der Waals surface area contributed by atoms with Gasteiger partial charge in [-0.25, -0.2) is 8.42 Å². The van der Waals surface area contributed by atoms with Crippen LogP contribution in [0.2, 0.25) is 0 Å². The van der Waals surface area contributed by atoms with Crippen molar-refractivity contribution in [1.29, 1.82) is 0 Å². The summed E-state index contributed by atoms with van der Waals surface area (Å²) >= 11 is 0. The standard InChI is InChI=1S/C25H25NO3S/c27-25-23(17-10-18-26(25)21-13-6-2-7-14-21)24(19-20-11-4-1-5-12-20)30(28,29)22-15-8-3-9-16-22/h1-9,11-16,23-24H,10,17-19H2. The van der Waals surface area contributed by atoms with Crippen LogP contribution in [0.15, 0.2) is 95.9 Å². The van der Waals surface area contributed by atoms with Gasteiger partial charge in [0.15, 0.2) is 9.84 Å². The van der Waals surface area contributed by atoms with Crippen LogP contribution in [0.25, 0.3) is 0 Å². The number of carbonyl (C=O) groups is 1. The molecule has 0 radical (unpaired) electrons. The van der Waals surface area contributed by atoms with E-state index in [0.717, 1.165) is 17.7 Å². The SMILES string of the molecule is O=C1C(C(Cc2ccccc2)S(=O)(=O)c2ccccc2)CCCN1c1ccccc1. The van der Waals surface area contributed by atoms with Gasteiger partial charge in [-0.15, -0.1) is 0 Å². The highest BCUT2D eigenvalue weighted by molar-refractivity contribution is 7.92. The van der Waals surface area contributed by atoms with Crippen LogP contribution in [-0.4, -0.2) is 26.1 Å². The molecule has 4 nitrogen and oxygen atoms in total. The van der Waals surface area contributed by atoms with E-state index >= 15 is 0 Å². The van der Waals surface area contributed by atoms with Gasteiger partial charge >= 0.3 is 0 Å². The maximum absolute atomic E-state index is 13.7. The van der Waals surface area contributed by atoms with Gasteiger partial charge in [0.1, 0.15) is 0 Å². The Kier molecular flexibility index (Phi) is 6.00. The Morgan fingerprint density at radius 3 is 2.03 bits per heavy atom. The van der Waals surface area contributed by atoms with Crippen molar-refractivity contribution < 1.29 is 13.2 Å². The highest BCUT2D eigenvalue weighted by atomic mass is 32.2. The lowest BCUT2D eigenvalue weighted by molar-refractivity contribution is -0.123. The monoisotopic (exact) mass is 419 g/mol. The molecule has 2 atom stereocenters. The average Bonchev–Trinajstić information content (AvgIpc) is 2.80. The van der Waals surface area contributed by atoms with Crippen molar-refractivity contribution in [1.82, 2.24) is 0 Å². The van der Waals surface area contributed by atoms with Crippen molar-refractivity contribution in [3.8, 4) is 0 Å². The van der Waals surface area contributed by atoms with Gasteiger partial charge in [-0.3, -0.25) is 4.79 Å². The number of sulfone groups is 1. The van der Waals surface area contributed by atoms with E-state index in [1.807, 2.05) is 60.7 Å². The van der Waals surface area contributed by atoms with E-state index < -0.39 is 21.0 Å². The molecular weight excluding hydrogens is 394 g/mol. The fourth-order valence-electron chi connectivity index (χ4n) is 4.21. The number of carbonyl (C=O) groups excluding carboxylic acids is 1. The molecule has 4 rings (SSSR count). The van der Waals surface area contributed by atoms with Crippen LogP contribution in [0.4, 0.5) is 5.69 Å². The van der Waals surface area contributed by atoms with Crippen molar-refractivity contribution in [3.63, 3.8) is 0 Å². The van der Waals surface area contributed by atoms with E-state index in [9.17, 15) is 13.2 Å². The number of para-hydroxylation sites is 1. The number of nitrogens with zero attached hydrogens (tertiary/aromatic N) is 1. The van der Waals surface area contributed by atoms with Gasteiger partial charge < -0.3 is 4.90 Å². The van der Waals surface area contributed by atoms with Gasteiger partial charge in [-0.1, -0.05) is 66.7 Å². The molecular formula is C25H25NO3S. The molecule has 0 bridgehead atoms. The summed E-state index contributed by atoms with van der Waals surface area (Å²) in [5, 5.41) is -0.804. The lowest BCUT2D eigenvalue weighted by atomic mass is 9.90. The molecule has 1 amide bonds. The van der Waals surface area contributed by atoms with E-state index in [0.29, 0.717) is 19.4 Å². The fourth-order valence-corrected chi connectivity index (χ4v) is 6.19. The normalized spacial score (nSPS) is 18.2. The summed E-state index contributed by atoms with van der Waals surface area (Å²) in [5.41, 5.74) is 1.74. The third-order valence-electron chi connectivity index (χ3n) is 5.75. The van der Waals surface area contributed by atoms with Gasteiger partial charge in [0.2, 0.25) is 5.91 Å². The summed E-state index contributed by atoms with van der Waals surface area (Å²) in [4.78, 5) is 15.5. The van der Waals surface area contributed by atoms with Gasteiger partial charge in [-0.2, -0.15) is 0 Å². The minimum atomic E-state index is -3.68. The fraction of sp³-hybridized carbons (Fsp3) is 0.240. The summed E-state index contributed by atoms with van der Waals surface area (Å²) in [6.45, 7) is 0.614. The first kappa shape index (κ1) is 20.4. The molecule has 1 aliphatic heterocycles. The first-order valence-corrected chi connectivity index (χ1v) is 11.8. The molecule has 1 aliphatic rings. The number of rotatable bonds is 6. The molecule has 2 unspecified atom stereocenters. The highest BCUT2D eigenvalue weighted by Gasteiger charge is 2.42. The van der Waals surface area contributed by atoms with Crippen LogP contribution >= 0.6 is 0 Å². The zero-order valence-electron chi connectivity index (χ0n) is 16.7. The van der Waals surface area contributed by atoms with Crippen LogP contribution < -0.4 is 4.90 Å². The Morgan fingerprint density at radius 1 is 0.833 bits per heavy atom. The maximum atomic E-state index is 13.7. The number of hydrogen-bond donors (Lipinski definition) is 0. The summed E-state index contributed by atoms with van der Waals surface area (Å²) < 4.78 is 27.3. The van der Waals surface area contributed by atoms with Crippen LogP contribution in [0.3, 0.4) is 0 Å². The van der Waals surface area contributed by atoms with Crippen LogP contribution in [0, 0.1) is 5.92 Å². The Labute approximate surface area is 178 Å². The van der Waals surface area contributed by atoms with Crippen molar-refractivity contribution >= 4 is 21.4 Å². The minimum absolute atomic E-state index is 0.104. The van der Waals surface area contributed by atoms with Gasteiger partial charge in [0.25, 0.3) is 0 Å². The zero-order valence-corrected chi connectivity index (χ0v) is 17.5. The van der Waals surface area contributed by atoms with Gasteiger partial charge in [0.05, 0.1) is 16.1 Å². The number of piperidine rings is 1. The van der Waals surface area contributed by atoms with E-state index in [1.54, 1.807) is 35.2 Å². The topological polar surface area (TPSA) is 54.5 Å². The van der Waals surface area contributed by atoms with Crippen LogP contribution in [0.5, 0.6) is 0 Å². The smallest absolute Gasteiger partial charge is 0.231 e. The third kappa shape index (κ3) is 4.17. The van der Waals surface area contributed by atoms with Gasteiger partial charge in [0, 0.05) is 12.2 Å². The molecule has 5 heteroatoms. The highest BCUT2D eigenvalue weighted by Crippen LogP contribution is 2.33. The van der Waals surface area contributed by atoms with Crippen molar-refractivity contribution in [2.45, 2.75) is 29.4 Å². The molecule has 0 N–H and O–H groups in total.